The van der Waals surface area contributed by atoms with E-state index in [1.807, 2.05) is 26.0 Å². The Labute approximate surface area is 294 Å². The molecule has 0 spiro atoms. The van der Waals surface area contributed by atoms with Gasteiger partial charge >= 0.3 is 11.9 Å². The number of esters is 2. The molecule has 4 rings (SSSR count). The van der Waals surface area contributed by atoms with E-state index in [0.717, 1.165) is 16.7 Å². The van der Waals surface area contributed by atoms with Crippen molar-refractivity contribution in [1.29, 1.82) is 0 Å². The minimum absolute atomic E-state index is 0.00375. The number of unbranched alkanes of at least 4 members (excludes halogenated alkanes) is 1. The van der Waals surface area contributed by atoms with Gasteiger partial charge in [-0.3, -0.25) is 4.79 Å². The molecule has 1 heterocycles. The van der Waals surface area contributed by atoms with Gasteiger partial charge in [0.25, 0.3) is 0 Å². The van der Waals surface area contributed by atoms with Crippen LogP contribution < -0.4 is 9.92 Å². The first-order chi connectivity index (χ1) is 23.2. The van der Waals surface area contributed by atoms with Gasteiger partial charge in [-0.25, -0.2) is 4.79 Å². The number of benzene rings is 3. The van der Waals surface area contributed by atoms with Crippen molar-refractivity contribution in [3.63, 3.8) is 0 Å². The summed E-state index contributed by atoms with van der Waals surface area (Å²) >= 11 is 0. The molecule has 1 fully saturated rings. The van der Waals surface area contributed by atoms with E-state index in [4.69, 9.17) is 23.7 Å². The summed E-state index contributed by atoms with van der Waals surface area (Å²) in [5.74, 6) is -1.21. The van der Waals surface area contributed by atoms with Gasteiger partial charge in [0, 0.05) is 22.6 Å². The second-order valence-corrected chi connectivity index (χ2v) is 19.4. The minimum Gasteiger partial charge on any atom is -0.492 e. The van der Waals surface area contributed by atoms with Crippen molar-refractivity contribution < 1.29 is 33.3 Å². The smallest absolute Gasteiger partial charge is 0.333 e. The lowest BCUT2D eigenvalue weighted by molar-refractivity contribution is -0.264. The third-order valence-corrected chi connectivity index (χ3v) is 12.5. The van der Waals surface area contributed by atoms with E-state index in [0.29, 0.717) is 42.3 Å². The summed E-state index contributed by atoms with van der Waals surface area (Å²) in [5, 5.41) is 1.49. The van der Waals surface area contributed by atoms with E-state index in [1.165, 1.54) is 29.6 Å². The van der Waals surface area contributed by atoms with E-state index >= 15 is 0 Å². The van der Waals surface area contributed by atoms with Crippen LogP contribution in [0.25, 0.3) is 22.3 Å². The number of hydrogen-bond acceptors (Lipinski definition) is 7. The molecule has 0 amide bonds. The summed E-state index contributed by atoms with van der Waals surface area (Å²) < 4.78 is 29.4. The number of hydrogen-bond donors (Lipinski definition) is 0. The van der Waals surface area contributed by atoms with Crippen molar-refractivity contribution in [3.8, 4) is 28.0 Å². The summed E-state index contributed by atoms with van der Waals surface area (Å²) in [6, 6.07) is 22.8. The molecule has 0 N–H and O–H groups in total. The third-order valence-electron chi connectivity index (χ3n) is 8.96. The van der Waals surface area contributed by atoms with E-state index in [-0.39, 0.29) is 31.0 Å². The van der Waals surface area contributed by atoms with Gasteiger partial charge in [-0.2, -0.15) is 0 Å². The van der Waals surface area contributed by atoms with Gasteiger partial charge in [-0.05, 0) is 55.2 Å². The fourth-order valence-electron chi connectivity index (χ4n) is 5.66. The van der Waals surface area contributed by atoms with Crippen molar-refractivity contribution in [2.75, 3.05) is 19.8 Å². The molecule has 0 unspecified atom stereocenters. The van der Waals surface area contributed by atoms with Crippen molar-refractivity contribution in [2.24, 2.45) is 11.8 Å². The molecule has 0 radical (unpaired) electrons. The Bertz CT molecular complexity index is 1580. The molecule has 0 aliphatic carbocycles. The lowest BCUT2D eigenvalue weighted by Crippen LogP contribution is -2.41. The Kier molecular flexibility index (Phi) is 13.1. The van der Waals surface area contributed by atoms with Gasteiger partial charge in [-0.15, -0.1) is 0 Å². The van der Waals surface area contributed by atoms with E-state index < -0.39 is 19.8 Å². The van der Waals surface area contributed by atoms with Gasteiger partial charge in [0.05, 0.1) is 33.8 Å². The molecule has 0 atom stereocenters. The monoisotopic (exact) mass is 686 g/mol. The standard InChI is InChI=1S/C41H54O7Si/c1-10-11-20-49(8,9)37-18-16-32(17-19-37)31-12-14-33(15-13-31)34-21-35(26-45-39(42)28(2)3)38(36(22-34)27-46-40(43)29(4)5)44-23-30-24-47-41(6,7)48-25-30/h12-19,21-22,29-30H,2,10-11,20,23-27H2,1,3-9H3. The van der Waals surface area contributed by atoms with Crippen molar-refractivity contribution >= 4 is 25.2 Å². The molecule has 1 saturated heterocycles. The van der Waals surface area contributed by atoms with Gasteiger partial charge < -0.3 is 23.7 Å². The van der Waals surface area contributed by atoms with Crippen LogP contribution in [-0.2, 0) is 41.8 Å². The highest BCUT2D eigenvalue weighted by molar-refractivity contribution is 6.89. The van der Waals surface area contributed by atoms with Crippen LogP contribution in [0.2, 0.25) is 19.1 Å². The highest BCUT2D eigenvalue weighted by Gasteiger charge is 2.29. The van der Waals surface area contributed by atoms with Gasteiger partial charge in [-0.1, -0.05) is 113 Å². The van der Waals surface area contributed by atoms with E-state index in [1.54, 1.807) is 20.8 Å². The molecule has 1 aliphatic rings. The van der Waals surface area contributed by atoms with Gasteiger partial charge in [0.15, 0.2) is 5.79 Å². The molecule has 264 valence electrons. The molecule has 0 aromatic heterocycles. The van der Waals surface area contributed by atoms with Crippen molar-refractivity contribution in [1.82, 2.24) is 0 Å². The Balaban J connectivity index is 1.66. The zero-order valence-corrected chi connectivity index (χ0v) is 31.6. The SMILES string of the molecule is C=C(C)C(=O)OCc1cc(-c2ccc(-c3ccc([Si](C)(C)CCCC)cc3)cc2)cc(COC(=O)C(C)C)c1OCC1COC(C)(C)OC1. The zero-order chi connectivity index (χ0) is 35.8. The molecule has 3 aromatic carbocycles. The van der Waals surface area contributed by atoms with Crippen LogP contribution in [0.1, 0.15) is 65.5 Å². The predicted octanol–water partition coefficient (Wildman–Crippen LogP) is 8.83. The maximum absolute atomic E-state index is 12.5. The summed E-state index contributed by atoms with van der Waals surface area (Å²) in [7, 11) is -1.45. The second-order valence-electron chi connectivity index (χ2n) is 14.6. The van der Waals surface area contributed by atoms with Crippen molar-refractivity contribution in [3.05, 3.63) is 83.9 Å². The zero-order valence-electron chi connectivity index (χ0n) is 30.6. The van der Waals surface area contributed by atoms with Crippen LogP contribution in [0.5, 0.6) is 5.75 Å². The number of carbonyl (C=O) groups excluding carboxylic acids is 2. The lowest BCUT2D eigenvalue weighted by Gasteiger charge is -2.35. The summed E-state index contributed by atoms with van der Waals surface area (Å²) in [4.78, 5) is 25.0. The molecule has 1 aliphatic heterocycles. The fraction of sp³-hybridized carbons (Fsp3) is 0.463. The average molecular weight is 687 g/mol. The predicted molar refractivity (Wildman–Crippen MR) is 198 cm³/mol. The average Bonchev–Trinajstić information content (AvgIpc) is 3.08. The maximum atomic E-state index is 12.5. The molecule has 8 heteroatoms. The Morgan fingerprint density at radius 1 is 0.878 bits per heavy atom. The number of rotatable bonds is 15. The minimum atomic E-state index is -1.45. The first-order valence-corrected chi connectivity index (χ1v) is 20.7. The number of ether oxygens (including phenoxy) is 5. The summed E-state index contributed by atoms with van der Waals surface area (Å²) in [6.45, 7) is 21.1. The highest BCUT2D eigenvalue weighted by atomic mass is 28.3. The molecule has 7 nitrogen and oxygen atoms in total. The molecular weight excluding hydrogens is 633 g/mol. The first-order valence-electron chi connectivity index (χ1n) is 17.5. The summed E-state index contributed by atoms with van der Waals surface area (Å²) in [6.07, 6.45) is 2.50. The van der Waals surface area contributed by atoms with Crippen molar-refractivity contribution in [2.45, 2.75) is 92.5 Å². The largest absolute Gasteiger partial charge is 0.492 e. The topological polar surface area (TPSA) is 80.3 Å². The Morgan fingerprint density at radius 2 is 1.39 bits per heavy atom. The molecule has 3 aromatic rings. The van der Waals surface area contributed by atoms with E-state index in [2.05, 4.69) is 75.1 Å². The van der Waals surface area contributed by atoms with Crippen LogP contribution in [0.4, 0.5) is 0 Å². The lowest BCUT2D eigenvalue weighted by atomic mass is 9.96. The molecule has 0 bridgehead atoms. The molecular formula is C41H54O7Si. The third kappa shape index (κ3) is 10.6. The number of carbonyl (C=O) groups is 2. The first kappa shape index (κ1) is 38.1. The van der Waals surface area contributed by atoms with Crippen LogP contribution in [0.3, 0.4) is 0 Å². The van der Waals surface area contributed by atoms with Gasteiger partial charge in [0.1, 0.15) is 19.0 Å². The molecule has 0 saturated carbocycles. The van der Waals surface area contributed by atoms with Gasteiger partial charge in [0.2, 0.25) is 0 Å². The van der Waals surface area contributed by atoms with E-state index in [9.17, 15) is 9.59 Å². The Hall–Kier alpha value is -3.72. The normalized spacial score (nSPS) is 14.8. The van der Waals surface area contributed by atoms with Crippen LogP contribution in [-0.4, -0.2) is 45.6 Å². The quantitative estimate of drug-likeness (QED) is 0.0898. The Morgan fingerprint density at radius 3 is 1.90 bits per heavy atom. The molecule has 49 heavy (non-hydrogen) atoms. The van der Waals surface area contributed by atoms with Crippen LogP contribution >= 0.6 is 0 Å². The maximum Gasteiger partial charge on any atom is 0.333 e. The summed E-state index contributed by atoms with van der Waals surface area (Å²) in [5.41, 5.74) is 5.81. The second kappa shape index (κ2) is 16.8. The fourth-order valence-corrected chi connectivity index (χ4v) is 8.25. The van der Waals surface area contributed by atoms with Crippen LogP contribution in [0.15, 0.2) is 72.8 Å². The highest BCUT2D eigenvalue weighted by Crippen LogP contribution is 2.35. The van der Waals surface area contributed by atoms with Crippen LogP contribution in [0, 0.1) is 11.8 Å².